The predicted octanol–water partition coefficient (Wildman–Crippen LogP) is 0.151. The van der Waals surface area contributed by atoms with Gasteiger partial charge in [0.1, 0.15) is 11.8 Å². The van der Waals surface area contributed by atoms with Crippen molar-refractivity contribution >= 4 is 5.97 Å². The molecule has 1 heterocycles. The van der Waals surface area contributed by atoms with Gasteiger partial charge in [0, 0.05) is 23.9 Å². The maximum atomic E-state index is 10.6. The number of aromatic nitrogens is 1. The second kappa shape index (κ2) is 5.60. The largest absolute Gasteiger partial charge is 0.506 e. The van der Waals surface area contributed by atoms with Crippen LogP contribution in [0, 0.1) is 6.92 Å². The van der Waals surface area contributed by atoms with Gasteiger partial charge in [-0.15, -0.1) is 0 Å². The minimum absolute atomic E-state index is 0.0124. The van der Waals surface area contributed by atoms with E-state index in [0.29, 0.717) is 16.8 Å². The first-order valence-electron chi connectivity index (χ1n) is 5.20. The Bertz CT molecular complexity index is 420. The standard InChI is InChI=1S/C11H16N2O4/c1-6-10(15)9(8(5-14)3-12-6)4-13-7(2)11(16)17/h3,7,13-15H,4-5H2,1-2H3,(H,16,17). The van der Waals surface area contributed by atoms with E-state index in [0.717, 1.165) is 0 Å². The van der Waals surface area contributed by atoms with Crippen molar-refractivity contribution in [3.05, 3.63) is 23.0 Å². The molecule has 17 heavy (non-hydrogen) atoms. The van der Waals surface area contributed by atoms with Crippen LogP contribution in [0.15, 0.2) is 6.20 Å². The summed E-state index contributed by atoms with van der Waals surface area (Å²) in [6.07, 6.45) is 1.47. The van der Waals surface area contributed by atoms with Gasteiger partial charge in [-0.1, -0.05) is 0 Å². The highest BCUT2D eigenvalue weighted by atomic mass is 16.4. The molecule has 0 bridgehead atoms. The first-order valence-corrected chi connectivity index (χ1v) is 5.20. The van der Waals surface area contributed by atoms with Crippen molar-refractivity contribution in [3.63, 3.8) is 0 Å². The number of aliphatic carboxylic acids is 1. The van der Waals surface area contributed by atoms with Crippen molar-refractivity contribution < 1.29 is 20.1 Å². The second-order valence-corrected chi connectivity index (χ2v) is 3.79. The molecule has 6 heteroatoms. The predicted molar refractivity (Wildman–Crippen MR) is 60.5 cm³/mol. The van der Waals surface area contributed by atoms with Crippen LogP contribution >= 0.6 is 0 Å². The highest BCUT2D eigenvalue weighted by Gasteiger charge is 2.14. The van der Waals surface area contributed by atoms with Crippen molar-refractivity contribution in [2.24, 2.45) is 0 Å². The summed E-state index contributed by atoms with van der Waals surface area (Å²) in [7, 11) is 0. The Labute approximate surface area is 98.9 Å². The fraction of sp³-hybridized carbons (Fsp3) is 0.455. The normalized spacial score (nSPS) is 12.4. The molecule has 4 N–H and O–H groups in total. The SMILES string of the molecule is Cc1ncc(CO)c(CNC(C)C(=O)O)c1O. The highest BCUT2D eigenvalue weighted by molar-refractivity contribution is 5.72. The number of aryl methyl sites for hydroxylation is 1. The average molecular weight is 240 g/mol. The van der Waals surface area contributed by atoms with Gasteiger partial charge in [0.2, 0.25) is 0 Å². The zero-order valence-electron chi connectivity index (χ0n) is 9.77. The topological polar surface area (TPSA) is 103 Å². The van der Waals surface area contributed by atoms with Gasteiger partial charge >= 0.3 is 5.97 Å². The molecule has 1 unspecified atom stereocenters. The maximum absolute atomic E-state index is 10.6. The van der Waals surface area contributed by atoms with Crippen LogP contribution in [-0.2, 0) is 17.9 Å². The molecule has 0 aliphatic heterocycles. The molecule has 0 aromatic carbocycles. The lowest BCUT2D eigenvalue weighted by Crippen LogP contribution is -2.33. The van der Waals surface area contributed by atoms with E-state index >= 15 is 0 Å². The fourth-order valence-electron chi connectivity index (χ4n) is 1.36. The van der Waals surface area contributed by atoms with Crippen LogP contribution in [-0.4, -0.2) is 32.3 Å². The Hall–Kier alpha value is -1.66. The summed E-state index contributed by atoms with van der Waals surface area (Å²) in [5.41, 5.74) is 1.41. The number of carbonyl (C=O) groups is 1. The number of aliphatic hydroxyl groups is 1. The van der Waals surface area contributed by atoms with E-state index in [4.69, 9.17) is 10.2 Å². The van der Waals surface area contributed by atoms with Crippen LogP contribution in [0.5, 0.6) is 5.75 Å². The Morgan fingerprint density at radius 3 is 2.76 bits per heavy atom. The summed E-state index contributed by atoms with van der Waals surface area (Å²) in [6, 6.07) is -0.727. The van der Waals surface area contributed by atoms with E-state index in [1.807, 2.05) is 0 Å². The number of carboxylic acids is 1. The van der Waals surface area contributed by atoms with Crippen LogP contribution in [0.25, 0.3) is 0 Å². The lowest BCUT2D eigenvalue weighted by atomic mass is 10.1. The molecule has 0 saturated heterocycles. The van der Waals surface area contributed by atoms with E-state index in [9.17, 15) is 9.90 Å². The number of rotatable bonds is 5. The van der Waals surface area contributed by atoms with Crippen molar-refractivity contribution in [1.29, 1.82) is 0 Å². The van der Waals surface area contributed by atoms with Gasteiger partial charge in [0.15, 0.2) is 0 Å². The molecule has 0 fully saturated rings. The summed E-state index contributed by atoms with van der Waals surface area (Å²) in [5.74, 6) is -0.984. The van der Waals surface area contributed by atoms with E-state index < -0.39 is 12.0 Å². The second-order valence-electron chi connectivity index (χ2n) is 3.79. The summed E-state index contributed by atoms with van der Waals surface area (Å²) < 4.78 is 0. The third kappa shape index (κ3) is 3.15. The lowest BCUT2D eigenvalue weighted by molar-refractivity contribution is -0.139. The van der Waals surface area contributed by atoms with Gasteiger partial charge in [0.25, 0.3) is 0 Å². The number of carboxylic acid groups (broad SMARTS) is 1. The van der Waals surface area contributed by atoms with Crippen molar-refractivity contribution in [2.75, 3.05) is 0 Å². The number of hydrogen-bond acceptors (Lipinski definition) is 5. The molecule has 1 rings (SSSR count). The molecule has 6 nitrogen and oxygen atoms in total. The van der Waals surface area contributed by atoms with Crippen molar-refractivity contribution in [2.45, 2.75) is 33.0 Å². The molecule has 1 aromatic heterocycles. The zero-order valence-corrected chi connectivity index (χ0v) is 9.77. The molecule has 1 atom stereocenters. The third-order valence-electron chi connectivity index (χ3n) is 2.56. The number of hydrogen-bond donors (Lipinski definition) is 4. The number of pyridine rings is 1. The molecule has 0 amide bonds. The van der Waals surface area contributed by atoms with Gasteiger partial charge in [-0.2, -0.15) is 0 Å². The highest BCUT2D eigenvalue weighted by Crippen LogP contribution is 2.23. The Morgan fingerprint density at radius 2 is 2.24 bits per heavy atom. The van der Waals surface area contributed by atoms with Crippen LogP contribution in [0.1, 0.15) is 23.7 Å². The Kier molecular flexibility index (Phi) is 4.42. The molecule has 94 valence electrons. The fourth-order valence-corrected chi connectivity index (χ4v) is 1.36. The van der Waals surface area contributed by atoms with Crippen molar-refractivity contribution in [3.8, 4) is 5.75 Å². The minimum atomic E-state index is -0.971. The number of nitrogens with zero attached hydrogens (tertiary/aromatic N) is 1. The van der Waals surface area contributed by atoms with Gasteiger partial charge in [-0.05, 0) is 13.8 Å². The summed E-state index contributed by atoms with van der Waals surface area (Å²) >= 11 is 0. The summed E-state index contributed by atoms with van der Waals surface area (Å²) in [5, 5.41) is 30.4. The molecular formula is C11H16N2O4. The molecule has 0 radical (unpaired) electrons. The van der Waals surface area contributed by atoms with Crippen LogP contribution in [0.4, 0.5) is 0 Å². The quantitative estimate of drug-likeness (QED) is 0.584. The van der Waals surface area contributed by atoms with Gasteiger partial charge in [-0.25, -0.2) is 0 Å². The summed E-state index contributed by atoms with van der Waals surface area (Å²) in [4.78, 5) is 14.6. The molecule has 0 aliphatic rings. The first-order chi connectivity index (χ1) is 7.97. The van der Waals surface area contributed by atoms with Gasteiger partial charge in [-0.3, -0.25) is 9.78 Å². The van der Waals surface area contributed by atoms with Crippen LogP contribution in [0.3, 0.4) is 0 Å². The van der Waals surface area contributed by atoms with E-state index in [-0.39, 0.29) is 18.9 Å². The van der Waals surface area contributed by atoms with E-state index in [1.165, 1.54) is 13.1 Å². The molecule has 1 aromatic rings. The average Bonchev–Trinajstić information content (AvgIpc) is 2.30. The van der Waals surface area contributed by atoms with E-state index in [1.54, 1.807) is 6.92 Å². The van der Waals surface area contributed by atoms with Gasteiger partial charge in [0.05, 0.1) is 12.3 Å². The molecule has 0 aliphatic carbocycles. The van der Waals surface area contributed by atoms with E-state index in [2.05, 4.69) is 10.3 Å². The minimum Gasteiger partial charge on any atom is -0.506 e. The number of aliphatic hydroxyl groups excluding tert-OH is 1. The lowest BCUT2D eigenvalue weighted by Gasteiger charge is -2.14. The van der Waals surface area contributed by atoms with Crippen molar-refractivity contribution in [1.82, 2.24) is 10.3 Å². The first kappa shape index (κ1) is 13.4. The van der Waals surface area contributed by atoms with Crippen LogP contribution in [0.2, 0.25) is 0 Å². The third-order valence-corrected chi connectivity index (χ3v) is 2.56. The summed E-state index contributed by atoms with van der Waals surface area (Å²) in [6.45, 7) is 3.06. The molecule has 0 saturated carbocycles. The van der Waals surface area contributed by atoms with Gasteiger partial charge < -0.3 is 20.6 Å². The maximum Gasteiger partial charge on any atom is 0.320 e. The smallest absolute Gasteiger partial charge is 0.320 e. The monoisotopic (exact) mass is 240 g/mol. The Balaban J connectivity index is 2.89. The number of aromatic hydroxyl groups is 1. The molecular weight excluding hydrogens is 224 g/mol. The van der Waals surface area contributed by atoms with Crippen LogP contribution < -0.4 is 5.32 Å². The zero-order chi connectivity index (χ0) is 13.0. The number of nitrogens with one attached hydrogen (secondary N) is 1. The Morgan fingerprint density at radius 1 is 1.59 bits per heavy atom. The molecule has 0 spiro atoms.